The van der Waals surface area contributed by atoms with Crippen LogP contribution in [0.3, 0.4) is 0 Å². The minimum absolute atomic E-state index is 0.961. The van der Waals surface area contributed by atoms with Gasteiger partial charge in [0.05, 0.1) is 0 Å². The van der Waals surface area contributed by atoms with Gasteiger partial charge < -0.3 is 0 Å². The van der Waals surface area contributed by atoms with Crippen LogP contribution in [0, 0.1) is 11.8 Å². The zero-order valence-corrected chi connectivity index (χ0v) is 19.3. The van der Waals surface area contributed by atoms with E-state index in [0.29, 0.717) is 0 Å². The van der Waals surface area contributed by atoms with Crippen molar-refractivity contribution in [3.63, 3.8) is 0 Å². The van der Waals surface area contributed by atoms with Crippen LogP contribution >= 0.6 is 0 Å². The Labute approximate surface area is 168 Å². The predicted molar refractivity (Wildman–Crippen MR) is 122 cm³/mol. The Bertz CT molecular complexity index is 244. The van der Waals surface area contributed by atoms with Gasteiger partial charge in [-0.05, 0) is 11.8 Å². The quantitative estimate of drug-likeness (QED) is 0.177. The molecule has 0 fully saturated rings. The van der Waals surface area contributed by atoms with Gasteiger partial charge in [0.2, 0.25) is 0 Å². The van der Waals surface area contributed by atoms with Gasteiger partial charge in [-0.1, -0.05) is 156 Å². The average molecular weight is 367 g/mol. The lowest BCUT2D eigenvalue weighted by Crippen LogP contribution is -1.95. The highest BCUT2D eigenvalue weighted by Crippen LogP contribution is 2.19. The topological polar surface area (TPSA) is 0 Å². The van der Waals surface area contributed by atoms with Gasteiger partial charge >= 0.3 is 0 Å². The van der Waals surface area contributed by atoms with E-state index >= 15 is 0 Å². The van der Waals surface area contributed by atoms with Crippen LogP contribution in [0.5, 0.6) is 0 Å². The van der Waals surface area contributed by atoms with Crippen molar-refractivity contribution in [2.75, 3.05) is 0 Å². The Morgan fingerprint density at radius 2 is 0.654 bits per heavy atom. The van der Waals surface area contributed by atoms with E-state index in [0.717, 1.165) is 11.8 Å². The zero-order valence-electron chi connectivity index (χ0n) is 19.3. The highest BCUT2D eigenvalue weighted by Gasteiger charge is 2.03. The first-order valence-electron chi connectivity index (χ1n) is 12.7. The molecule has 0 aliphatic rings. The molecular weight excluding hydrogens is 312 g/mol. The fraction of sp³-hybridized carbons (Fsp3) is 1.00. The van der Waals surface area contributed by atoms with Crippen LogP contribution in [-0.4, -0.2) is 0 Å². The van der Waals surface area contributed by atoms with Crippen molar-refractivity contribution in [3.8, 4) is 0 Å². The molecule has 0 N–H and O–H groups in total. The molecule has 2 unspecified atom stereocenters. The van der Waals surface area contributed by atoms with E-state index in [4.69, 9.17) is 0 Å². The largest absolute Gasteiger partial charge is 0.0654 e. The second-order valence-corrected chi connectivity index (χ2v) is 9.31. The minimum Gasteiger partial charge on any atom is -0.0654 e. The van der Waals surface area contributed by atoms with Gasteiger partial charge in [0.25, 0.3) is 0 Å². The Morgan fingerprint density at radius 3 is 1.00 bits per heavy atom. The summed E-state index contributed by atoms with van der Waals surface area (Å²) < 4.78 is 0. The third kappa shape index (κ3) is 20.3. The Kier molecular flexibility index (Phi) is 21.3. The van der Waals surface area contributed by atoms with Crippen LogP contribution < -0.4 is 0 Å². The fourth-order valence-corrected chi connectivity index (χ4v) is 4.28. The lowest BCUT2D eigenvalue weighted by Gasteiger charge is -2.11. The summed E-state index contributed by atoms with van der Waals surface area (Å²) in [4.78, 5) is 0. The summed E-state index contributed by atoms with van der Waals surface area (Å²) in [6.07, 6.45) is 29.2. The Balaban J connectivity index is 3.18. The molecule has 0 saturated heterocycles. The van der Waals surface area contributed by atoms with Gasteiger partial charge in [-0.2, -0.15) is 0 Å². The summed E-state index contributed by atoms with van der Waals surface area (Å²) in [6.45, 7) is 9.53. The summed E-state index contributed by atoms with van der Waals surface area (Å²) in [5.74, 6) is 1.93. The maximum atomic E-state index is 2.48. The third-order valence-corrected chi connectivity index (χ3v) is 6.23. The van der Waals surface area contributed by atoms with Crippen molar-refractivity contribution in [1.29, 1.82) is 0 Å². The molecule has 0 bridgehead atoms. The molecule has 0 aromatic heterocycles. The lowest BCUT2D eigenvalue weighted by atomic mass is 9.95. The summed E-state index contributed by atoms with van der Waals surface area (Å²) in [6, 6.07) is 0. The van der Waals surface area contributed by atoms with E-state index in [1.807, 2.05) is 0 Å². The molecular formula is C26H54. The van der Waals surface area contributed by atoms with Crippen LogP contribution in [0.25, 0.3) is 0 Å². The third-order valence-electron chi connectivity index (χ3n) is 6.23. The van der Waals surface area contributed by atoms with E-state index in [9.17, 15) is 0 Å². The maximum Gasteiger partial charge on any atom is -0.0443 e. The van der Waals surface area contributed by atoms with Gasteiger partial charge in [0, 0.05) is 0 Å². The summed E-state index contributed by atoms with van der Waals surface area (Å²) >= 11 is 0. The van der Waals surface area contributed by atoms with Crippen molar-refractivity contribution < 1.29 is 0 Å². The fourth-order valence-electron chi connectivity index (χ4n) is 4.28. The molecule has 0 heterocycles. The highest BCUT2D eigenvalue weighted by molar-refractivity contribution is 4.57. The first kappa shape index (κ1) is 26.0. The van der Waals surface area contributed by atoms with Crippen LogP contribution in [-0.2, 0) is 0 Å². The second-order valence-electron chi connectivity index (χ2n) is 9.31. The molecule has 158 valence electrons. The van der Waals surface area contributed by atoms with Crippen molar-refractivity contribution >= 4 is 0 Å². The van der Waals surface area contributed by atoms with Gasteiger partial charge in [0.15, 0.2) is 0 Å². The standard InChI is InChI=1S/C26H54/c1-5-7-8-9-10-12-16-19-23-26(4)24-20-17-14-11-13-15-18-22-25(3)21-6-2/h25-26H,5-24H2,1-4H3. The molecule has 0 aliphatic carbocycles. The van der Waals surface area contributed by atoms with Gasteiger partial charge in [-0.15, -0.1) is 0 Å². The highest BCUT2D eigenvalue weighted by atomic mass is 14.1. The molecule has 0 aromatic rings. The van der Waals surface area contributed by atoms with Crippen molar-refractivity contribution in [3.05, 3.63) is 0 Å². The number of unbranched alkanes of at least 4 members (excludes halogenated alkanes) is 13. The molecule has 0 nitrogen and oxygen atoms in total. The van der Waals surface area contributed by atoms with Gasteiger partial charge in [-0.25, -0.2) is 0 Å². The molecule has 0 radical (unpaired) electrons. The molecule has 0 heteroatoms. The minimum atomic E-state index is 0.961. The molecule has 0 amide bonds. The van der Waals surface area contributed by atoms with E-state index in [2.05, 4.69) is 27.7 Å². The summed E-state index contributed by atoms with van der Waals surface area (Å²) in [5, 5.41) is 0. The van der Waals surface area contributed by atoms with Crippen LogP contribution in [0.15, 0.2) is 0 Å². The monoisotopic (exact) mass is 366 g/mol. The molecule has 26 heavy (non-hydrogen) atoms. The molecule has 0 aromatic carbocycles. The predicted octanol–water partition coefficient (Wildman–Crippen LogP) is 10.1. The van der Waals surface area contributed by atoms with Crippen molar-refractivity contribution in [2.24, 2.45) is 11.8 Å². The maximum absolute atomic E-state index is 2.48. The first-order valence-corrected chi connectivity index (χ1v) is 12.7. The number of hydrogen-bond acceptors (Lipinski definition) is 0. The van der Waals surface area contributed by atoms with Crippen molar-refractivity contribution in [2.45, 2.75) is 156 Å². The smallest absolute Gasteiger partial charge is 0.0443 e. The zero-order chi connectivity index (χ0) is 19.3. The van der Waals surface area contributed by atoms with Crippen molar-refractivity contribution in [1.82, 2.24) is 0 Å². The average Bonchev–Trinajstić information content (AvgIpc) is 2.62. The molecule has 0 aliphatic heterocycles. The lowest BCUT2D eigenvalue weighted by molar-refractivity contribution is 0.426. The van der Waals surface area contributed by atoms with Crippen LogP contribution in [0.2, 0.25) is 0 Å². The second kappa shape index (κ2) is 21.3. The van der Waals surface area contributed by atoms with E-state index in [-0.39, 0.29) is 0 Å². The van der Waals surface area contributed by atoms with E-state index < -0.39 is 0 Å². The van der Waals surface area contributed by atoms with Crippen LogP contribution in [0.1, 0.15) is 156 Å². The Hall–Kier alpha value is 0. The molecule has 2 atom stereocenters. The molecule has 0 spiro atoms. The van der Waals surface area contributed by atoms with Gasteiger partial charge in [-0.3, -0.25) is 0 Å². The number of hydrogen-bond donors (Lipinski definition) is 0. The summed E-state index contributed by atoms with van der Waals surface area (Å²) in [7, 11) is 0. The van der Waals surface area contributed by atoms with E-state index in [1.165, 1.54) is 128 Å². The van der Waals surface area contributed by atoms with E-state index in [1.54, 1.807) is 0 Å². The normalized spacial score (nSPS) is 13.8. The molecule has 0 rings (SSSR count). The molecule has 0 saturated carbocycles. The summed E-state index contributed by atoms with van der Waals surface area (Å²) in [5.41, 5.74) is 0. The van der Waals surface area contributed by atoms with Gasteiger partial charge in [0.1, 0.15) is 0 Å². The Morgan fingerprint density at radius 1 is 0.346 bits per heavy atom. The number of rotatable bonds is 21. The SMILES string of the molecule is CCCCCCCCCCC(C)CCCCCCCCCC(C)CCC. The van der Waals surface area contributed by atoms with Crippen LogP contribution in [0.4, 0.5) is 0 Å². The first-order chi connectivity index (χ1) is 12.7.